The first-order valence-corrected chi connectivity index (χ1v) is 4.53. The normalized spacial score (nSPS) is 10.4. The molecule has 0 saturated heterocycles. The number of nitrogens with zero attached hydrogens (tertiary/aromatic N) is 1. The summed E-state index contributed by atoms with van der Waals surface area (Å²) in [6.07, 6.45) is 3.77. The summed E-state index contributed by atoms with van der Waals surface area (Å²) in [5.41, 5.74) is 1.90. The van der Waals surface area contributed by atoms with Crippen LogP contribution in [-0.2, 0) is 4.79 Å². The highest BCUT2D eigenvalue weighted by Crippen LogP contribution is 1.99. The molecule has 3 heteroatoms. The summed E-state index contributed by atoms with van der Waals surface area (Å²) >= 11 is 0. The van der Waals surface area contributed by atoms with Crippen LogP contribution in [0.3, 0.4) is 0 Å². The number of carbonyl (C=O) groups is 1. The molecular weight excluding hydrogens is 176 g/mol. The lowest BCUT2D eigenvalue weighted by atomic mass is 10.3. The molecule has 0 atom stereocenters. The molecule has 0 fully saturated rings. The molecule has 14 heavy (non-hydrogen) atoms. The van der Waals surface area contributed by atoms with Crippen LogP contribution in [0.1, 0.15) is 18.3 Å². The molecule has 0 aromatic carbocycles. The topological polar surface area (TPSA) is 42.0 Å². The molecule has 0 saturated carbocycles. The van der Waals surface area contributed by atoms with E-state index in [1.54, 1.807) is 0 Å². The standard InChI is InChI=1S/C11H14N2O/c1-9-5-3-6-11(13-9)7-4-8-12-10(2)14/h3-7H,8H2,1-2H3,(H,12,14). The van der Waals surface area contributed by atoms with Crippen LogP contribution in [-0.4, -0.2) is 17.4 Å². The molecular formula is C11H14N2O. The minimum absolute atomic E-state index is 0.0214. The highest BCUT2D eigenvalue weighted by Gasteiger charge is 1.89. The molecule has 0 radical (unpaired) electrons. The van der Waals surface area contributed by atoms with Gasteiger partial charge in [-0.3, -0.25) is 9.78 Å². The van der Waals surface area contributed by atoms with Gasteiger partial charge in [-0.15, -0.1) is 0 Å². The zero-order valence-corrected chi connectivity index (χ0v) is 8.45. The molecule has 1 aromatic rings. The first kappa shape index (κ1) is 10.4. The van der Waals surface area contributed by atoms with Gasteiger partial charge in [0, 0.05) is 19.2 Å². The van der Waals surface area contributed by atoms with E-state index >= 15 is 0 Å². The summed E-state index contributed by atoms with van der Waals surface area (Å²) in [5, 5.41) is 2.68. The average molecular weight is 190 g/mol. The molecule has 1 rings (SSSR count). The van der Waals surface area contributed by atoms with Crippen LogP contribution in [0.25, 0.3) is 6.08 Å². The SMILES string of the molecule is CC(=O)NCC=Cc1cccc(C)n1. The Morgan fingerprint density at radius 1 is 1.57 bits per heavy atom. The van der Waals surface area contributed by atoms with Crippen molar-refractivity contribution in [3.8, 4) is 0 Å². The van der Waals surface area contributed by atoms with Crippen LogP contribution in [0.15, 0.2) is 24.3 Å². The molecule has 0 bridgehead atoms. The van der Waals surface area contributed by atoms with Crippen molar-refractivity contribution in [1.82, 2.24) is 10.3 Å². The summed E-state index contributed by atoms with van der Waals surface area (Å²) < 4.78 is 0. The van der Waals surface area contributed by atoms with Crippen LogP contribution in [0, 0.1) is 6.92 Å². The van der Waals surface area contributed by atoms with Crippen LogP contribution in [0.4, 0.5) is 0 Å². The lowest BCUT2D eigenvalue weighted by Gasteiger charge is -1.96. The molecule has 0 spiro atoms. The van der Waals surface area contributed by atoms with Gasteiger partial charge in [0.15, 0.2) is 0 Å². The van der Waals surface area contributed by atoms with E-state index in [1.807, 2.05) is 37.3 Å². The molecule has 1 aromatic heterocycles. The number of nitrogens with one attached hydrogen (secondary N) is 1. The Labute approximate surface area is 83.9 Å². The van der Waals surface area contributed by atoms with E-state index in [-0.39, 0.29) is 5.91 Å². The third-order valence-corrected chi connectivity index (χ3v) is 1.67. The van der Waals surface area contributed by atoms with Crippen molar-refractivity contribution in [2.45, 2.75) is 13.8 Å². The van der Waals surface area contributed by atoms with Gasteiger partial charge < -0.3 is 5.32 Å². The van der Waals surface area contributed by atoms with E-state index in [9.17, 15) is 4.79 Å². The van der Waals surface area contributed by atoms with Crippen molar-refractivity contribution in [2.75, 3.05) is 6.54 Å². The van der Waals surface area contributed by atoms with Gasteiger partial charge in [0.2, 0.25) is 5.91 Å². The number of carbonyl (C=O) groups excluding carboxylic acids is 1. The minimum atomic E-state index is -0.0214. The highest BCUT2D eigenvalue weighted by molar-refractivity contribution is 5.73. The molecule has 0 aliphatic carbocycles. The van der Waals surface area contributed by atoms with Gasteiger partial charge in [0.05, 0.1) is 5.69 Å². The Kier molecular flexibility index (Phi) is 3.85. The monoisotopic (exact) mass is 190 g/mol. The van der Waals surface area contributed by atoms with E-state index in [0.29, 0.717) is 6.54 Å². The zero-order chi connectivity index (χ0) is 10.4. The summed E-state index contributed by atoms with van der Waals surface area (Å²) in [6.45, 7) is 3.99. The fraction of sp³-hybridized carbons (Fsp3) is 0.273. The van der Waals surface area contributed by atoms with Gasteiger partial charge >= 0.3 is 0 Å². The second kappa shape index (κ2) is 5.17. The van der Waals surface area contributed by atoms with Gasteiger partial charge in [-0.05, 0) is 25.1 Å². The molecule has 1 N–H and O–H groups in total. The van der Waals surface area contributed by atoms with E-state index in [1.165, 1.54) is 6.92 Å². The maximum atomic E-state index is 10.5. The van der Waals surface area contributed by atoms with Crippen molar-refractivity contribution in [2.24, 2.45) is 0 Å². The third-order valence-electron chi connectivity index (χ3n) is 1.67. The number of hydrogen-bond acceptors (Lipinski definition) is 2. The zero-order valence-electron chi connectivity index (χ0n) is 8.45. The van der Waals surface area contributed by atoms with Gasteiger partial charge in [0.25, 0.3) is 0 Å². The summed E-state index contributed by atoms with van der Waals surface area (Å²) in [5.74, 6) is -0.0214. The van der Waals surface area contributed by atoms with Crippen LogP contribution < -0.4 is 5.32 Å². The maximum absolute atomic E-state index is 10.5. The van der Waals surface area contributed by atoms with Crippen molar-refractivity contribution in [1.29, 1.82) is 0 Å². The van der Waals surface area contributed by atoms with Crippen molar-refractivity contribution in [3.05, 3.63) is 35.7 Å². The molecule has 3 nitrogen and oxygen atoms in total. The van der Waals surface area contributed by atoms with Crippen LogP contribution in [0.5, 0.6) is 0 Å². The summed E-state index contributed by atoms with van der Waals surface area (Å²) in [4.78, 5) is 14.8. The first-order chi connectivity index (χ1) is 6.68. The maximum Gasteiger partial charge on any atom is 0.217 e. The smallest absolute Gasteiger partial charge is 0.217 e. The predicted octanol–water partition coefficient (Wildman–Crippen LogP) is 1.54. The fourth-order valence-electron chi connectivity index (χ4n) is 1.04. The number of amides is 1. The van der Waals surface area contributed by atoms with Gasteiger partial charge in [-0.25, -0.2) is 0 Å². The molecule has 0 aliphatic rings. The molecule has 0 unspecified atom stereocenters. The van der Waals surface area contributed by atoms with Crippen molar-refractivity contribution in [3.63, 3.8) is 0 Å². The Balaban J connectivity index is 2.47. The van der Waals surface area contributed by atoms with E-state index in [4.69, 9.17) is 0 Å². The second-order valence-corrected chi connectivity index (χ2v) is 3.04. The summed E-state index contributed by atoms with van der Waals surface area (Å²) in [7, 11) is 0. The fourth-order valence-corrected chi connectivity index (χ4v) is 1.04. The molecule has 1 heterocycles. The van der Waals surface area contributed by atoms with Crippen LogP contribution in [0.2, 0.25) is 0 Å². The first-order valence-electron chi connectivity index (χ1n) is 4.53. The number of aromatic nitrogens is 1. The minimum Gasteiger partial charge on any atom is -0.353 e. The second-order valence-electron chi connectivity index (χ2n) is 3.04. The number of rotatable bonds is 3. The van der Waals surface area contributed by atoms with Crippen LogP contribution >= 0.6 is 0 Å². The number of aryl methyl sites for hydroxylation is 1. The van der Waals surface area contributed by atoms with Crippen molar-refractivity contribution < 1.29 is 4.79 Å². The molecule has 74 valence electrons. The van der Waals surface area contributed by atoms with E-state index < -0.39 is 0 Å². The lowest BCUT2D eigenvalue weighted by molar-refractivity contribution is -0.118. The quantitative estimate of drug-likeness (QED) is 0.785. The van der Waals surface area contributed by atoms with Gasteiger partial charge in [0.1, 0.15) is 0 Å². The third kappa shape index (κ3) is 3.85. The Morgan fingerprint density at radius 3 is 3.00 bits per heavy atom. The Morgan fingerprint density at radius 2 is 2.36 bits per heavy atom. The lowest BCUT2D eigenvalue weighted by Crippen LogP contribution is -2.19. The van der Waals surface area contributed by atoms with Gasteiger partial charge in [-0.2, -0.15) is 0 Å². The van der Waals surface area contributed by atoms with Crippen molar-refractivity contribution >= 4 is 12.0 Å². The van der Waals surface area contributed by atoms with E-state index in [0.717, 1.165) is 11.4 Å². The highest BCUT2D eigenvalue weighted by atomic mass is 16.1. The number of hydrogen-bond donors (Lipinski definition) is 1. The Hall–Kier alpha value is -1.64. The largest absolute Gasteiger partial charge is 0.353 e. The summed E-state index contributed by atoms with van der Waals surface area (Å²) in [6, 6.07) is 5.84. The molecule has 1 amide bonds. The average Bonchev–Trinajstić information content (AvgIpc) is 2.12. The van der Waals surface area contributed by atoms with Gasteiger partial charge in [-0.1, -0.05) is 12.1 Å². The predicted molar refractivity (Wildman–Crippen MR) is 56.7 cm³/mol. The molecule has 0 aliphatic heterocycles. The van der Waals surface area contributed by atoms with E-state index in [2.05, 4.69) is 10.3 Å². The Bertz CT molecular complexity index is 345. The number of pyridine rings is 1.